The monoisotopic (exact) mass is 364 g/mol. The number of benzene rings is 1. The first-order valence-electron chi connectivity index (χ1n) is 7.05. The number of aryl methyl sites for hydroxylation is 1. The summed E-state index contributed by atoms with van der Waals surface area (Å²) in [4.78, 5) is 11.9. The smallest absolute Gasteiger partial charge is 0.276 e. The maximum atomic E-state index is 11.9. The molecular formula is C15H13ClN4O3S. The maximum absolute atomic E-state index is 11.9. The topological polar surface area (TPSA) is 94.1 Å². The van der Waals surface area contributed by atoms with E-state index in [1.54, 1.807) is 37.3 Å². The van der Waals surface area contributed by atoms with E-state index >= 15 is 0 Å². The third-order valence-electron chi connectivity index (χ3n) is 2.94. The SMILES string of the molecule is Cc1cc(-c2nnc(SCCC(=O)Nc3ccc(Cl)cc3)o2)no1. The maximum Gasteiger partial charge on any atom is 0.276 e. The fourth-order valence-corrected chi connectivity index (χ4v) is 2.65. The van der Waals surface area contributed by atoms with E-state index in [-0.39, 0.29) is 5.91 Å². The van der Waals surface area contributed by atoms with Crippen LogP contribution in [0.5, 0.6) is 0 Å². The van der Waals surface area contributed by atoms with Crippen LogP contribution in [0.3, 0.4) is 0 Å². The summed E-state index contributed by atoms with van der Waals surface area (Å²) in [5.41, 5.74) is 1.20. The first-order valence-corrected chi connectivity index (χ1v) is 8.42. The van der Waals surface area contributed by atoms with Gasteiger partial charge in [-0.2, -0.15) is 0 Å². The second kappa shape index (κ2) is 7.50. The van der Waals surface area contributed by atoms with Crippen molar-refractivity contribution in [1.29, 1.82) is 0 Å². The number of nitrogens with zero attached hydrogens (tertiary/aromatic N) is 3. The highest BCUT2D eigenvalue weighted by molar-refractivity contribution is 7.99. The summed E-state index contributed by atoms with van der Waals surface area (Å²) in [6.45, 7) is 1.78. The summed E-state index contributed by atoms with van der Waals surface area (Å²) in [7, 11) is 0. The average molecular weight is 365 g/mol. The molecule has 0 saturated carbocycles. The van der Waals surface area contributed by atoms with Crippen molar-refractivity contribution in [2.75, 3.05) is 11.1 Å². The van der Waals surface area contributed by atoms with Gasteiger partial charge in [-0.25, -0.2) is 0 Å². The zero-order valence-electron chi connectivity index (χ0n) is 12.7. The molecule has 7 nitrogen and oxygen atoms in total. The Bertz CT molecular complexity index is 831. The van der Waals surface area contributed by atoms with E-state index in [0.717, 1.165) is 0 Å². The van der Waals surface area contributed by atoms with Gasteiger partial charge in [-0.15, -0.1) is 10.2 Å². The number of thioether (sulfide) groups is 1. The minimum absolute atomic E-state index is 0.100. The molecule has 0 aliphatic carbocycles. The fourth-order valence-electron chi connectivity index (χ4n) is 1.83. The third-order valence-corrected chi connectivity index (χ3v) is 4.01. The lowest BCUT2D eigenvalue weighted by Gasteiger charge is -2.04. The third kappa shape index (κ3) is 4.36. The van der Waals surface area contributed by atoms with Crippen LogP contribution in [0, 0.1) is 6.92 Å². The second-order valence-electron chi connectivity index (χ2n) is 4.85. The summed E-state index contributed by atoms with van der Waals surface area (Å²) in [5, 5.41) is 15.4. The molecule has 3 rings (SSSR count). The van der Waals surface area contributed by atoms with Gasteiger partial charge >= 0.3 is 0 Å². The molecule has 0 unspecified atom stereocenters. The van der Waals surface area contributed by atoms with Crippen LogP contribution < -0.4 is 5.32 Å². The molecule has 1 aromatic carbocycles. The van der Waals surface area contributed by atoms with Crippen molar-refractivity contribution in [3.05, 3.63) is 41.1 Å². The molecule has 0 atom stereocenters. The van der Waals surface area contributed by atoms with E-state index in [1.165, 1.54) is 11.8 Å². The van der Waals surface area contributed by atoms with Gasteiger partial charge in [-0.3, -0.25) is 4.79 Å². The van der Waals surface area contributed by atoms with Gasteiger partial charge in [0.25, 0.3) is 11.1 Å². The van der Waals surface area contributed by atoms with Gasteiger partial charge in [0.15, 0.2) is 5.69 Å². The molecule has 1 N–H and O–H groups in total. The summed E-state index contributed by atoms with van der Waals surface area (Å²) in [6.07, 6.45) is 0.314. The van der Waals surface area contributed by atoms with Crippen LogP contribution in [0.15, 0.2) is 44.5 Å². The molecule has 2 heterocycles. The lowest BCUT2D eigenvalue weighted by Crippen LogP contribution is -2.11. The molecule has 0 radical (unpaired) electrons. The lowest BCUT2D eigenvalue weighted by atomic mass is 10.3. The molecule has 124 valence electrons. The van der Waals surface area contributed by atoms with Crippen molar-refractivity contribution in [2.24, 2.45) is 0 Å². The number of amides is 1. The first kappa shape index (κ1) is 16.5. The van der Waals surface area contributed by atoms with Crippen LogP contribution in [0.2, 0.25) is 5.02 Å². The zero-order chi connectivity index (χ0) is 16.9. The van der Waals surface area contributed by atoms with Gasteiger partial charge < -0.3 is 14.3 Å². The van der Waals surface area contributed by atoms with Crippen molar-refractivity contribution in [1.82, 2.24) is 15.4 Å². The van der Waals surface area contributed by atoms with E-state index < -0.39 is 0 Å². The van der Waals surface area contributed by atoms with E-state index in [2.05, 4.69) is 20.7 Å². The Kier molecular flexibility index (Phi) is 5.17. The van der Waals surface area contributed by atoms with Gasteiger partial charge in [0.05, 0.1) is 0 Å². The van der Waals surface area contributed by atoms with Crippen molar-refractivity contribution in [3.8, 4) is 11.6 Å². The lowest BCUT2D eigenvalue weighted by molar-refractivity contribution is -0.115. The minimum Gasteiger partial charge on any atom is -0.409 e. The van der Waals surface area contributed by atoms with E-state index in [1.807, 2.05) is 0 Å². The Morgan fingerprint density at radius 2 is 2.08 bits per heavy atom. The molecule has 0 aliphatic heterocycles. The van der Waals surface area contributed by atoms with Gasteiger partial charge in [0, 0.05) is 29.0 Å². The molecule has 2 aromatic heterocycles. The number of hydrogen-bond acceptors (Lipinski definition) is 7. The number of rotatable bonds is 6. The molecule has 0 aliphatic rings. The molecule has 0 bridgehead atoms. The molecule has 9 heteroatoms. The molecule has 0 spiro atoms. The van der Waals surface area contributed by atoms with Crippen LogP contribution in [0.4, 0.5) is 5.69 Å². The number of aromatic nitrogens is 3. The molecule has 1 amide bonds. The predicted molar refractivity (Wildman–Crippen MR) is 90.0 cm³/mol. The number of carbonyl (C=O) groups excluding carboxylic acids is 1. The number of halogens is 1. The van der Waals surface area contributed by atoms with Gasteiger partial charge in [0.2, 0.25) is 5.91 Å². The summed E-state index contributed by atoms with van der Waals surface area (Å²) in [6, 6.07) is 8.64. The minimum atomic E-state index is -0.100. The average Bonchev–Trinajstić information content (AvgIpc) is 3.18. The summed E-state index contributed by atoms with van der Waals surface area (Å²) >= 11 is 7.10. The number of anilines is 1. The van der Waals surface area contributed by atoms with Gasteiger partial charge in [0.1, 0.15) is 5.76 Å². The normalized spacial score (nSPS) is 10.8. The Hall–Kier alpha value is -2.32. The van der Waals surface area contributed by atoms with Crippen molar-refractivity contribution in [2.45, 2.75) is 18.6 Å². The number of carbonyl (C=O) groups is 1. The number of nitrogens with one attached hydrogen (secondary N) is 1. The van der Waals surface area contributed by atoms with Crippen LogP contribution in [0.1, 0.15) is 12.2 Å². The van der Waals surface area contributed by atoms with Gasteiger partial charge in [-0.1, -0.05) is 28.5 Å². The van der Waals surface area contributed by atoms with E-state index in [9.17, 15) is 4.79 Å². The Labute approximate surface area is 146 Å². The first-order chi connectivity index (χ1) is 11.6. The Morgan fingerprint density at radius 3 is 2.79 bits per heavy atom. The standard InChI is InChI=1S/C15H13ClN4O3S/c1-9-8-12(20-23-9)14-18-19-15(22-14)24-7-6-13(21)17-11-4-2-10(16)3-5-11/h2-5,8H,6-7H2,1H3,(H,17,21). The molecule has 0 saturated heterocycles. The largest absolute Gasteiger partial charge is 0.409 e. The highest BCUT2D eigenvalue weighted by Gasteiger charge is 2.13. The van der Waals surface area contributed by atoms with Gasteiger partial charge in [-0.05, 0) is 31.2 Å². The highest BCUT2D eigenvalue weighted by Crippen LogP contribution is 2.23. The quantitative estimate of drug-likeness (QED) is 0.664. The van der Waals surface area contributed by atoms with Crippen LogP contribution in [-0.4, -0.2) is 27.0 Å². The summed E-state index contributed by atoms with van der Waals surface area (Å²) in [5.74, 6) is 1.37. The highest BCUT2D eigenvalue weighted by atomic mass is 35.5. The van der Waals surface area contributed by atoms with Crippen molar-refractivity contribution >= 4 is 35.0 Å². The molecule has 24 heavy (non-hydrogen) atoms. The van der Waals surface area contributed by atoms with Crippen molar-refractivity contribution in [3.63, 3.8) is 0 Å². The molecule has 3 aromatic rings. The molecular weight excluding hydrogens is 352 g/mol. The zero-order valence-corrected chi connectivity index (χ0v) is 14.2. The van der Waals surface area contributed by atoms with E-state index in [4.69, 9.17) is 20.5 Å². The fraction of sp³-hybridized carbons (Fsp3) is 0.200. The van der Waals surface area contributed by atoms with Crippen LogP contribution in [-0.2, 0) is 4.79 Å². The Morgan fingerprint density at radius 1 is 1.29 bits per heavy atom. The van der Waals surface area contributed by atoms with Crippen LogP contribution in [0.25, 0.3) is 11.6 Å². The van der Waals surface area contributed by atoms with Crippen molar-refractivity contribution < 1.29 is 13.7 Å². The van der Waals surface area contributed by atoms with E-state index in [0.29, 0.717) is 45.5 Å². The van der Waals surface area contributed by atoms with Crippen LogP contribution >= 0.6 is 23.4 Å². The predicted octanol–water partition coefficient (Wildman–Crippen LogP) is 3.81. The summed E-state index contributed by atoms with van der Waals surface area (Å²) < 4.78 is 10.4. The second-order valence-corrected chi connectivity index (χ2v) is 6.33. The number of hydrogen-bond donors (Lipinski definition) is 1. The molecule has 0 fully saturated rings. The Balaban J connectivity index is 1.47.